The van der Waals surface area contributed by atoms with Crippen molar-refractivity contribution >= 4 is 62.9 Å². The van der Waals surface area contributed by atoms with Gasteiger partial charge in [-0.25, -0.2) is 14.6 Å². The number of carbonyl (C=O) groups is 7. The number of aromatic nitrogens is 1. The molecule has 1 aromatic heterocycles. The fraction of sp³-hybridized carbons (Fsp3) is 0.689. The Morgan fingerprint density at radius 2 is 1.61 bits per heavy atom. The standard InChI is InChI=1S/C61H86N6O11S/c1-35(41-18-19-42-52-43(23-24-60(41,42)8)61(9)25-22-39(68)31-59(61,7)32-46(52)69)16-21-49(71)64-45(56(75)76)14-11-12-26-63-48(70)15-13-27-67(57(77)78-40-17-20-44-47(30-40)79-50(34-62)65-44)29-28-66(10)51(72)33-58(5,6)53-38(4)54(73)36(2)37(3)55(53)74/h17,20,30,35,39,41-43,45-46,52,68-69H,11-16,18-19,21-29,31-33H2,1-10H3,(H,63,70)(H,64,71)(H,75,76)/t35-,39-,41-,42+,43+,45?,46-,52+,59+,60-,61-/m1/s1. The summed E-state index contributed by atoms with van der Waals surface area (Å²) in [6.45, 7) is 18.3. The number of amides is 4. The third-order valence-electron chi connectivity index (χ3n) is 20.1. The molecule has 1 heterocycles. The Kier molecular flexibility index (Phi) is 19.1. The molecule has 432 valence electrons. The van der Waals surface area contributed by atoms with Crippen molar-refractivity contribution < 1.29 is 53.6 Å². The van der Waals surface area contributed by atoms with Crippen molar-refractivity contribution in [2.45, 2.75) is 183 Å². The van der Waals surface area contributed by atoms with Gasteiger partial charge in [-0.1, -0.05) is 41.5 Å². The summed E-state index contributed by atoms with van der Waals surface area (Å²) in [5, 5.41) is 47.7. The second-order valence-electron chi connectivity index (χ2n) is 25.5. The van der Waals surface area contributed by atoms with Crippen LogP contribution in [0.15, 0.2) is 40.5 Å². The van der Waals surface area contributed by atoms with Gasteiger partial charge in [0.15, 0.2) is 16.6 Å². The summed E-state index contributed by atoms with van der Waals surface area (Å²) in [4.78, 5) is 99.5. The van der Waals surface area contributed by atoms with Crippen molar-refractivity contribution in [3.63, 3.8) is 0 Å². The number of carboxylic acid groups (broad SMARTS) is 1. The molecule has 0 radical (unpaired) electrons. The topological polar surface area (TPSA) is 257 Å². The number of hydrogen-bond acceptors (Lipinski definition) is 13. The van der Waals surface area contributed by atoms with E-state index in [2.05, 4.69) is 43.3 Å². The first kappa shape index (κ1) is 61.1. The largest absolute Gasteiger partial charge is 0.480 e. The second kappa shape index (κ2) is 24.7. The minimum Gasteiger partial charge on any atom is -0.480 e. The van der Waals surface area contributed by atoms with Crippen LogP contribution in [0.25, 0.3) is 10.2 Å². The fourth-order valence-corrected chi connectivity index (χ4v) is 16.1. The zero-order valence-corrected chi connectivity index (χ0v) is 49.1. The highest BCUT2D eigenvalue weighted by Gasteiger charge is 2.66. The summed E-state index contributed by atoms with van der Waals surface area (Å²) in [5.74, 6) is -0.463. The number of nitrogens with one attached hydrogen (secondary N) is 2. The lowest BCUT2D eigenvalue weighted by molar-refractivity contribution is -0.210. The van der Waals surface area contributed by atoms with Crippen molar-refractivity contribution in [2.75, 3.05) is 33.2 Å². The number of ether oxygens (including phenoxy) is 1. The zero-order valence-electron chi connectivity index (χ0n) is 48.3. The van der Waals surface area contributed by atoms with E-state index in [9.17, 15) is 54.1 Å². The van der Waals surface area contributed by atoms with Crippen LogP contribution < -0.4 is 15.4 Å². The smallest absolute Gasteiger partial charge is 0.415 e. The molecular weight excluding hydrogens is 1020 g/mol. The van der Waals surface area contributed by atoms with Gasteiger partial charge in [-0.2, -0.15) is 5.26 Å². The fourth-order valence-electron chi connectivity index (χ4n) is 15.3. The molecule has 4 fully saturated rings. The molecule has 0 saturated heterocycles. The molecule has 4 saturated carbocycles. The number of likely N-dealkylation sites (N-methyl/N-ethyl adjacent to an activating group) is 1. The van der Waals surface area contributed by atoms with Crippen molar-refractivity contribution in [1.82, 2.24) is 25.4 Å². The number of benzene rings is 1. The van der Waals surface area contributed by atoms with Crippen molar-refractivity contribution in [3.05, 3.63) is 45.5 Å². The third-order valence-corrected chi connectivity index (χ3v) is 21.0. The van der Waals surface area contributed by atoms with E-state index < -0.39 is 23.5 Å². The van der Waals surface area contributed by atoms with Gasteiger partial charge in [0.05, 0.1) is 22.4 Å². The monoisotopic (exact) mass is 1110 g/mol. The summed E-state index contributed by atoms with van der Waals surface area (Å²) in [5.41, 5.74) is 1.10. The molecule has 5 N–H and O–H groups in total. The highest BCUT2D eigenvalue weighted by Crippen LogP contribution is 2.71. The maximum atomic E-state index is 13.7. The van der Waals surface area contributed by atoms with Crippen LogP contribution in [0.5, 0.6) is 5.75 Å². The first-order chi connectivity index (χ1) is 37.1. The van der Waals surface area contributed by atoms with Gasteiger partial charge >= 0.3 is 12.1 Å². The van der Waals surface area contributed by atoms with Gasteiger partial charge in [0.2, 0.25) is 17.7 Å². The van der Waals surface area contributed by atoms with E-state index >= 15 is 0 Å². The first-order valence-corrected chi connectivity index (χ1v) is 29.6. The molecule has 0 spiro atoms. The van der Waals surface area contributed by atoms with Crippen molar-refractivity contribution in [1.29, 1.82) is 5.26 Å². The van der Waals surface area contributed by atoms with Crippen LogP contribution >= 0.6 is 11.3 Å². The molecular formula is C61H86N6O11S. The summed E-state index contributed by atoms with van der Waals surface area (Å²) in [6, 6.07) is 5.80. The molecule has 5 aliphatic rings. The van der Waals surface area contributed by atoms with E-state index in [0.717, 1.165) is 62.7 Å². The quantitative estimate of drug-likeness (QED) is 0.0545. The average Bonchev–Trinajstić information content (AvgIpc) is 3.49. The van der Waals surface area contributed by atoms with Crippen LogP contribution in [-0.2, 0) is 28.8 Å². The Balaban J connectivity index is 0.851. The minimum absolute atomic E-state index is 0.0468. The van der Waals surface area contributed by atoms with E-state index in [1.807, 2.05) is 6.07 Å². The van der Waals surface area contributed by atoms with Crippen LogP contribution in [0.4, 0.5) is 4.79 Å². The van der Waals surface area contributed by atoms with Crippen LogP contribution in [-0.4, -0.2) is 123 Å². The number of aliphatic hydroxyl groups is 2. The molecule has 4 amide bonds. The number of Topliss-reactive ketones (excluding diaryl/α,β-unsaturated/α-hetero) is 2. The number of nitriles is 1. The molecule has 0 aliphatic heterocycles. The number of rotatable bonds is 22. The van der Waals surface area contributed by atoms with Crippen molar-refractivity contribution in [2.24, 2.45) is 51.2 Å². The van der Waals surface area contributed by atoms with Crippen LogP contribution in [0.2, 0.25) is 0 Å². The summed E-state index contributed by atoms with van der Waals surface area (Å²) >= 11 is 1.16. The third kappa shape index (κ3) is 13.0. The van der Waals surface area contributed by atoms with Gasteiger partial charge in [0.1, 0.15) is 17.9 Å². The Morgan fingerprint density at radius 1 is 0.886 bits per heavy atom. The van der Waals surface area contributed by atoms with Crippen LogP contribution in [0, 0.1) is 62.6 Å². The van der Waals surface area contributed by atoms with Gasteiger partial charge in [-0.05, 0) is 162 Å². The lowest BCUT2D eigenvalue weighted by Crippen LogP contribution is -2.62. The average molecular weight is 1110 g/mol. The number of fused-ring (bicyclic) bond motifs is 6. The molecule has 2 aromatic rings. The van der Waals surface area contributed by atoms with Gasteiger partial charge < -0.3 is 40.5 Å². The Morgan fingerprint density at radius 3 is 2.32 bits per heavy atom. The van der Waals surface area contributed by atoms with Crippen molar-refractivity contribution in [3.8, 4) is 11.8 Å². The van der Waals surface area contributed by atoms with E-state index in [4.69, 9.17) is 4.74 Å². The van der Waals surface area contributed by atoms with Crippen LogP contribution in [0.1, 0.15) is 170 Å². The SMILES string of the molecule is CC1=C(C)C(=O)C(C(C)(C)CC(=O)N(C)CCN(CCCC(=O)NCCCCC(NC(=O)CC[C@@H](C)[C@H]2CC[C@H]3[C@@H]4[C@H](O)C[C@]5(C)C[C@H](O)CC[C@]5(C)[C@H]4CC[C@]23C)C(=O)O)C(=O)Oc2ccc3nc(C#N)sc3c2)=C(C)C1=O. The summed E-state index contributed by atoms with van der Waals surface area (Å²) < 4.78 is 6.42. The molecule has 1 aromatic carbocycles. The Hall–Kier alpha value is -5.51. The predicted octanol–water partition coefficient (Wildman–Crippen LogP) is 9.08. The van der Waals surface area contributed by atoms with Gasteiger partial charge in [-0.15, -0.1) is 11.3 Å². The molecule has 11 atom stereocenters. The van der Waals surface area contributed by atoms with E-state index in [1.165, 1.54) is 9.80 Å². The number of allylic oxidation sites excluding steroid dienone is 4. The van der Waals surface area contributed by atoms with Gasteiger partial charge in [0, 0.05) is 86.3 Å². The molecule has 5 aliphatic carbocycles. The number of nitrogens with zero attached hydrogens (tertiary/aromatic N) is 4. The first-order valence-electron chi connectivity index (χ1n) is 28.8. The number of hydrogen-bond donors (Lipinski definition) is 5. The second-order valence-corrected chi connectivity index (χ2v) is 26.5. The van der Waals surface area contributed by atoms with Crippen LogP contribution in [0.3, 0.4) is 0 Å². The van der Waals surface area contributed by atoms with E-state index in [1.54, 1.807) is 59.9 Å². The molecule has 79 heavy (non-hydrogen) atoms. The van der Waals surface area contributed by atoms with E-state index in [0.29, 0.717) is 69.5 Å². The van der Waals surface area contributed by atoms with E-state index in [-0.39, 0.29) is 139 Å². The lowest BCUT2D eigenvalue weighted by atomic mass is 9.39. The molecule has 18 heteroatoms. The Labute approximate surface area is 470 Å². The molecule has 7 rings (SSSR count). The number of unbranched alkanes of at least 4 members (excludes halogenated alkanes) is 1. The number of thiazole rings is 1. The normalized spacial score (nSPS) is 28.5. The highest BCUT2D eigenvalue weighted by molar-refractivity contribution is 7.19. The van der Waals surface area contributed by atoms with Gasteiger partial charge in [0.25, 0.3) is 0 Å². The maximum Gasteiger partial charge on any atom is 0.415 e. The number of ketones is 2. The summed E-state index contributed by atoms with van der Waals surface area (Å²) in [7, 11) is 1.59. The number of carboxylic acids is 1. The maximum absolute atomic E-state index is 13.7. The highest BCUT2D eigenvalue weighted by atomic mass is 32.1. The molecule has 17 nitrogen and oxygen atoms in total. The predicted molar refractivity (Wildman–Crippen MR) is 300 cm³/mol. The molecule has 1 unspecified atom stereocenters. The zero-order chi connectivity index (χ0) is 57.9. The minimum atomic E-state index is -1.11. The number of aliphatic hydroxyl groups excluding tert-OH is 2. The number of carbonyl (C=O) groups excluding carboxylic acids is 6. The summed E-state index contributed by atoms with van der Waals surface area (Å²) in [6.07, 6.45) is 8.47. The van der Waals surface area contributed by atoms with Gasteiger partial charge in [-0.3, -0.25) is 24.0 Å². The lowest BCUT2D eigenvalue weighted by Gasteiger charge is -2.66. The number of aliphatic carboxylic acids is 1. The molecule has 0 bridgehead atoms. The Bertz CT molecular complexity index is 2800.